The number of hydrogen-bond acceptors (Lipinski definition) is 3. The molecular formula is C10H9ClN2O2. The second kappa shape index (κ2) is 3.82. The van der Waals surface area contributed by atoms with Gasteiger partial charge in [-0.05, 0) is 12.1 Å². The molecule has 2 N–H and O–H groups in total. The Morgan fingerprint density at radius 1 is 1.53 bits per heavy atom. The van der Waals surface area contributed by atoms with Crippen LogP contribution >= 0.6 is 11.6 Å². The van der Waals surface area contributed by atoms with E-state index in [2.05, 4.69) is 10.1 Å². The van der Waals surface area contributed by atoms with Gasteiger partial charge in [-0.3, -0.25) is 0 Å². The maximum Gasteiger partial charge on any atom is 0.177 e. The smallest absolute Gasteiger partial charge is 0.177 e. The number of nitrogens with zero attached hydrogens (tertiary/aromatic N) is 1. The molecule has 1 heterocycles. The van der Waals surface area contributed by atoms with E-state index in [-0.39, 0.29) is 5.17 Å². The van der Waals surface area contributed by atoms with Gasteiger partial charge in [0, 0.05) is 17.3 Å². The molecule has 1 aromatic heterocycles. The highest BCUT2D eigenvalue weighted by Gasteiger charge is 2.12. The first-order valence-corrected chi connectivity index (χ1v) is 4.67. The van der Waals surface area contributed by atoms with Gasteiger partial charge in [0.05, 0.1) is 12.5 Å². The van der Waals surface area contributed by atoms with Crippen LogP contribution in [0, 0.1) is 0 Å². The van der Waals surface area contributed by atoms with Crippen molar-refractivity contribution in [2.45, 2.75) is 0 Å². The summed E-state index contributed by atoms with van der Waals surface area (Å²) in [7, 11) is 1.58. The Morgan fingerprint density at radius 3 is 3.00 bits per heavy atom. The molecule has 2 rings (SSSR count). The summed E-state index contributed by atoms with van der Waals surface area (Å²) in [5.74, 6) is 0.686. The Morgan fingerprint density at radius 2 is 2.33 bits per heavy atom. The fourth-order valence-electron chi connectivity index (χ4n) is 1.54. The van der Waals surface area contributed by atoms with Gasteiger partial charge in [0.15, 0.2) is 5.17 Å². The first-order valence-electron chi connectivity index (χ1n) is 4.30. The number of oxime groups is 1. The van der Waals surface area contributed by atoms with Crippen LogP contribution in [0.5, 0.6) is 5.75 Å². The van der Waals surface area contributed by atoms with Gasteiger partial charge in [-0.2, -0.15) is 0 Å². The molecule has 0 spiro atoms. The van der Waals surface area contributed by atoms with E-state index in [1.807, 2.05) is 18.2 Å². The minimum atomic E-state index is 0.0331. The Balaban J connectivity index is 2.77. The fourth-order valence-corrected chi connectivity index (χ4v) is 1.69. The molecule has 0 aliphatic heterocycles. The van der Waals surface area contributed by atoms with E-state index in [1.54, 1.807) is 13.3 Å². The molecule has 78 valence electrons. The van der Waals surface area contributed by atoms with E-state index >= 15 is 0 Å². The highest BCUT2D eigenvalue weighted by molar-refractivity contribution is 6.70. The summed E-state index contributed by atoms with van der Waals surface area (Å²) < 4.78 is 5.21. The zero-order valence-corrected chi connectivity index (χ0v) is 8.75. The molecule has 0 aliphatic carbocycles. The van der Waals surface area contributed by atoms with Crippen LogP contribution in [-0.2, 0) is 0 Å². The molecule has 0 atom stereocenters. The van der Waals surface area contributed by atoms with Crippen molar-refractivity contribution in [3.8, 4) is 5.75 Å². The third kappa shape index (κ3) is 1.53. The number of benzene rings is 1. The number of hydrogen-bond donors (Lipinski definition) is 2. The van der Waals surface area contributed by atoms with Crippen molar-refractivity contribution in [3.05, 3.63) is 30.0 Å². The van der Waals surface area contributed by atoms with Gasteiger partial charge in [-0.1, -0.05) is 22.8 Å². The van der Waals surface area contributed by atoms with Gasteiger partial charge < -0.3 is 14.9 Å². The maximum atomic E-state index is 8.63. The molecule has 1 aromatic carbocycles. The normalized spacial score (nSPS) is 12.0. The average molecular weight is 225 g/mol. The summed E-state index contributed by atoms with van der Waals surface area (Å²) in [6.07, 6.45) is 1.68. The van der Waals surface area contributed by atoms with E-state index in [1.165, 1.54) is 0 Å². The summed E-state index contributed by atoms with van der Waals surface area (Å²) in [6, 6.07) is 5.58. The molecule has 2 aromatic rings. The van der Waals surface area contributed by atoms with Crippen LogP contribution in [0.4, 0.5) is 0 Å². The van der Waals surface area contributed by atoms with Gasteiger partial charge in [0.25, 0.3) is 0 Å². The third-order valence-electron chi connectivity index (χ3n) is 2.20. The summed E-state index contributed by atoms with van der Waals surface area (Å²) in [4.78, 5) is 3.02. The van der Waals surface area contributed by atoms with Crippen LogP contribution < -0.4 is 4.74 Å². The number of nitrogens with one attached hydrogen (secondary N) is 1. The molecule has 0 unspecified atom stereocenters. The predicted molar refractivity (Wildman–Crippen MR) is 59.0 cm³/mol. The molecule has 15 heavy (non-hydrogen) atoms. The van der Waals surface area contributed by atoms with Gasteiger partial charge in [-0.15, -0.1) is 0 Å². The average Bonchev–Trinajstić information content (AvgIpc) is 2.71. The van der Waals surface area contributed by atoms with Gasteiger partial charge in [0.1, 0.15) is 5.75 Å². The molecule has 5 heteroatoms. The number of H-pyrrole nitrogens is 1. The lowest BCUT2D eigenvalue weighted by molar-refractivity contribution is 0.321. The number of aromatic nitrogens is 1. The van der Waals surface area contributed by atoms with Crippen LogP contribution in [-0.4, -0.2) is 22.5 Å². The third-order valence-corrected chi connectivity index (χ3v) is 2.48. The molecule has 4 nitrogen and oxygen atoms in total. The number of halogens is 1. The zero-order chi connectivity index (χ0) is 10.8. The molecule has 0 radical (unpaired) electrons. The molecule has 0 bridgehead atoms. The van der Waals surface area contributed by atoms with Crippen LogP contribution in [0.1, 0.15) is 5.56 Å². The topological polar surface area (TPSA) is 57.6 Å². The Labute approximate surface area is 91.1 Å². The summed E-state index contributed by atoms with van der Waals surface area (Å²) >= 11 is 5.76. The molecule has 0 saturated heterocycles. The maximum absolute atomic E-state index is 8.63. The number of aromatic amines is 1. The summed E-state index contributed by atoms with van der Waals surface area (Å²) in [5.41, 5.74) is 1.50. The number of ether oxygens (including phenoxy) is 1. The van der Waals surface area contributed by atoms with Crippen LogP contribution in [0.25, 0.3) is 10.9 Å². The number of methoxy groups -OCH3 is 1. The highest BCUT2D eigenvalue weighted by atomic mass is 35.5. The Hall–Kier alpha value is -1.68. The van der Waals surface area contributed by atoms with Crippen molar-refractivity contribution >= 4 is 27.7 Å². The second-order valence-corrected chi connectivity index (χ2v) is 3.33. The molecular weight excluding hydrogens is 216 g/mol. The van der Waals surface area contributed by atoms with Gasteiger partial charge in [-0.25, -0.2) is 0 Å². The van der Waals surface area contributed by atoms with Crippen LogP contribution in [0.15, 0.2) is 29.6 Å². The van der Waals surface area contributed by atoms with Crippen molar-refractivity contribution in [2.75, 3.05) is 7.11 Å². The van der Waals surface area contributed by atoms with Crippen LogP contribution in [0.2, 0.25) is 0 Å². The number of rotatable bonds is 2. The first kappa shape index (κ1) is 9.86. The van der Waals surface area contributed by atoms with E-state index < -0.39 is 0 Å². The minimum Gasteiger partial charge on any atom is -0.496 e. The molecule has 0 saturated carbocycles. The lowest BCUT2D eigenvalue weighted by Crippen LogP contribution is -1.91. The minimum absolute atomic E-state index is 0.0331. The molecule has 0 aliphatic rings. The fraction of sp³-hybridized carbons (Fsp3) is 0.100. The van der Waals surface area contributed by atoms with E-state index in [4.69, 9.17) is 21.5 Å². The summed E-state index contributed by atoms with van der Waals surface area (Å²) in [5, 5.41) is 12.4. The SMILES string of the molecule is COc1cccc2[nH]cc(C(Cl)=NO)c12. The van der Waals surface area contributed by atoms with Crippen molar-refractivity contribution in [3.63, 3.8) is 0 Å². The highest BCUT2D eigenvalue weighted by Crippen LogP contribution is 2.29. The molecule has 0 fully saturated rings. The Kier molecular flexibility index (Phi) is 2.51. The quantitative estimate of drug-likeness (QED) is 0.468. The lowest BCUT2D eigenvalue weighted by atomic mass is 10.1. The Bertz CT molecular complexity index is 519. The number of fused-ring (bicyclic) bond motifs is 1. The first-order chi connectivity index (χ1) is 7.27. The van der Waals surface area contributed by atoms with Crippen molar-refractivity contribution < 1.29 is 9.94 Å². The van der Waals surface area contributed by atoms with E-state index in [9.17, 15) is 0 Å². The zero-order valence-electron chi connectivity index (χ0n) is 7.99. The van der Waals surface area contributed by atoms with Crippen molar-refractivity contribution in [1.29, 1.82) is 0 Å². The van der Waals surface area contributed by atoms with Crippen molar-refractivity contribution in [1.82, 2.24) is 4.98 Å². The van der Waals surface area contributed by atoms with Crippen molar-refractivity contribution in [2.24, 2.45) is 5.16 Å². The van der Waals surface area contributed by atoms with Gasteiger partial charge in [0.2, 0.25) is 0 Å². The van der Waals surface area contributed by atoms with Gasteiger partial charge >= 0.3 is 0 Å². The summed E-state index contributed by atoms with van der Waals surface area (Å²) in [6.45, 7) is 0. The van der Waals surface area contributed by atoms with E-state index in [0.717, 1.165) is 10.9 Å². The monoisotopic (exact) mass is 224 g/mol. The van der Waals surface area contributed by atoms with E-state index in [0.29, 0.717) is 11.3 Å². The largest absolute Gasteiger partial charge is 0.496 e. The van der Waals surface area contributed by atoms with Crippen LogP contribution in [0.3, 0.4) is 0 Å². The standard InChI is InChI=1S/C10H9ClN2O2/c1-15-8-4-2-3-7-9(8)6(5-12-7)10(11)13-14/h2-5,12,14H,1H3. The molecule has 0 amide bonds. The second-order valence-electron chi connectivity index (χ2n) is 2.98. The lowest BCUT2D eigenvalue weighted by Gasteiger charge is -2.02. The predicted octanol–water partition coefficient (Wildman–Crippen LogP) is 2.55.